The first-order valence-corrected chi connectivity index (χ1v) is 8.45. The lowest BCUT2D eigenvalue weighted by molar-refractivity contribution is 0.180. The molecule has 3 nitrogen and oxygen atoms in total. The van der Waals surface area contributed by atoms with Crippen LogP contribution in [0.1, 0.15) is 25.7 Å². The molecule has 0 bridgehead atoms. The Balaban J connectivity index is 1.58. The van der Waals surface area contributed by atoms with Gasteiger partial charge in [-0.1, -0.05) is 23.2 Å². The van der Waals surface area contributed by atoms with Gasteiger partial charge >= 0.3 is 0 Å². The summed E-state index contributed by atoms with van der Waals surface area (Å²) in [5.41, 5.74) is 5.71. The lowest BCUT2D eigenvalue weighted by Crippen LogP contribution is -2.36. The number of rotatable bonds is 7. The molecule has 0 atom stereocenters. The summed E-state index contributed by atoms with van der Waals surface area (Å²) in [5.74, 6) is 1.45. The van der Waals surface area contributed by atoms with E-state index < -0.39 is 0 Å². The molecule has 0 amide bonds. The lowest BCUT2D eigenvalue weighted by Gasteiger charge is -2.31. The zero-order chi connectivity index (χ0) is 15.1. The molecule has 1 aliphatic heterocycles. The van der Waals surface area contributed by atoms with Crippen LogP contribution in [-0.2, 0) is 0 Å². The van der Waals surface area contributed by atoms with Crippen LogP contribution in [0.25, 0.3) is 0 Å². The van der Waals surface area contributed by atoms with E-state index in [0.717, 1.165) is 31.8 Å². The predicted octanol–water partition coefficient (Wildman–Crippen LogP) is 3.82. The van der Waals surface area contributed by atoms with E-state index in [1.165, 1.54) is 25.9 Å². The molecule has 2 N–H and O–H groups in total. The number of ether oxygens (including phenoxy) is 1. The average Bonchev–Trinajstić information content (AvgIpc) is 2.49. The molecule has 21 heavy (non-hydrogen) atoms. The standard InChI is InChI=1S/C16H24Cl2N2O/c17-14-3-4-16(15(18)11-14)21-10-2-1-7-20-8-5-13(12-19)6-9-20/h3-4,11,13H,1-2,5-10,12,19H2. The first kappa shape index (κ1) is 16.9. The first-order chi connectivity index (χ1) is 10.2. The number of nitrogens with two attached hydrogens (primary N) is 1. The Morgan fingerprint density at radius 1 is 1.19 bits per heavy atom. The average molecular weight is 331 g/mol. The minimum absolute atomic E-state index is 0.575. The number of hydrogen-bond acceptors (Lipinski definition) is 3. The Morgan fingerprint density at radius 3 is 2.62 bits per heavy atom. The topological polar surface area (TPSA) is 38.5 Å². The van der Waals surface area contributed by atoms with Gasteiger partial charge in [-0.15, -0.1) is 0 Å². The first-order valence-electron chi connectivity index (χ1n) is 7.69. The van der Waals surface area contributed by atoms with Gasteiger partial charge in [-0.3, -0.25) is 0 Å². The van der Waals surface area contributed by atoms with Gasteiger partial charge in [-0.05, 0) is 76.0 Å². The Kier molecular flexibility index (Phi) is 7.11. The van der Waals surface area contributed by atoms with Gasteiger partial charge in [0.2, 0.25) is 0 Å². The van der Waals surface area contributed by atoms with Crippen molar-refractivity contribution in [3.63, 3.8) is 0 Å². The highest BCUT2D eigenvalue weighted by Gasteiger charge is 2.17. The third-order valence-corrected chi connectivity index (χ3v) is 4.59. The van der Waals surface area contributed by atoms with E-state index >= 15 is 0 Å². The van der Waals surface area contributed by atoms with E-state index in [1.54, 1.807) is 12.1 Å². The molecular formula is C16H24Cl2N2O. The lowest BCUT2D eigenvalue weighted by atomic mass is 9.97. The normalized spacial score (nSPS) is 17.1. The van der Waals surface area contributed by atoms with Crippen LogP contribution < -0.4 is 10.5 Å². The molecule has 1 saturated heterocycles. The number of unbranched alkanes of at least 4 members (excludes halogenated alkanes) is 1. The molecule has 1 aliphatic rings. The van der Waals surface area contributed by atoms with Crippen molar-refractivity contribution in [3.8, 4) is 5.75 Å². The molecule has 118 valence electrons. The molecule has 1 aromatic carbocycles. The van der Waals surface area contributed by atoms with Crippen LogP contribution in [-0.4, -0.2) is 37.7 Å². The minimum atomic E-state index is 0.575. The van der Waals surface area contributed by atoms with E-state index in [-0.39, 0.29) is 0 Å². The maximum absolute atomic E-state index is 6.06. The number of piperidine rings is 1. The summed E-state index contributed by atoms with van der Waals surface area (Å²) in [7, 11) is 0. The predicted molar refractivity (Wildman–Crippen MR) is 89.4 cm³/mol. The summed E-state index contributed by atoms with van der Waals surface area (Å²) < 4.78 is 5.69. The number of nitrogens with zero attached hydrogens (tertiary/aromatic N) is 1. The van der Waals surface area contributed by atoms with E-state index in [2.05, 4.69) is 4.90 Å². The third-order valence-electron chi connectivity index (χ3n) is 4.06. The smallest absolute Gasteiger partial charge is 0.137 e. The SMILES string of the molecule is NCC1CCN(CCCCOc2ccc(Cl)cc2Cl)CC1. The van der Waals surface area contributed by atoms with Crippen molar-refractivity contribution in [1.82, 2.24) is 4.90 Å². The second-order valence-electron chi connectivity index (χ2n) is 5.65. The second-order valence-corrected chi connectivity index (χ2v) is 6.49. The van der Waals surface area contributed by atoms with Gasteiger partial charge in [-0.25, -0.2) is 0 Å². The fourth-order valence-electron chi connectivity index (χ4n) is 2.66. The highest BCUT2D eigenvalue weighted by Crippen LogP contribution is 2.27. The van der Waals surface area contributed by atoms with Gasteiger partial charge in [0.05, 0.1) is 11.6 Å². The monoisotopic (exact) mass is 330 g/mol. The maximum Gasteiger partial charge on any atom is 0.137 e. The molecule has 1 fully saturated rings. The molecule has 0 unspecified atom stereocenters. The molecule has 0 aliphatic carbocycles. The molecule has 2 rings (SSSR count). The molecule has 0 saturated carbocycles. The van der Waals surface area contributed by atoms with Crippen LogP contribution in [0, 0.1) is 5.92 Å². The van der Waals surface area contributed by atoms with Gasteiger partial charge in [0, 0.05) is 5.02 Å². The number of halogens is 2. The van der Waals surface area contributed by atoms with Crippen molar-refractivity contribution in [1.29, 1.82) is 0 Å². The molecule has 1 heterocycles. The van der Waals surface area contributed by atoms with E-state index in [1.807, 2.05) is 6.07 Å². The third kappa shape index (κ3) is 5.67. The number of likely N-dealkylation sites (tertiary alicyclic amines) is 1. The van der Waals surface area contributed by atoms with Crippen molar-refractivity contribution in [2.45, 2.75) is 25.7 Å². The van der Waals surface area contributed by atoms with Crippen LogP contribution in [0.15, 0.2) is 18.2 Å². The molecule has 0 radical (unpaired) electrons. The Hall–Kier alpha value is -0.480. The quantitative estimate of drug-likeness (QED) is 0.772. The van der Waals surface area contributed by atoms with Gasteiger partial charge in [0.25, 0.3) is 0 Å². The van der Waals surface area contributed by atoms with Crippen LogP contribution in [0.5, 0.6) is 5.75 Å². The van der Waals surface area contributed by atoms with Crippen LogP contribution in [0.2, 0.25) is 10.0 Å². The Morgan fingerprint density at radius 2 is 1.95 bits per heavy atom. The van der Waals surface area contributed by atoms with Crippen molar-refractivity contribution in [2.75, 3.05) is 32.8 Å². The summed E-state index contributed by atoms with van der Waals surface area (Å²) in [6.07, 6.45) is 4.68. The molecule has 5 heteroatoms. The molecule has 0 spiro atoms. The summed E-state index contributed by atoms with van der Waals surface area (Å²) in [6, 6.07) is 5.33. The molecular weight excluding hydrogens is 307 g/mol. The maximum atomic E-state index is 6.06. The van der Waals surface area contributed by atoms with Crippen molar-refractivity contribution in [2.24, 2.45) is 11.7 Å². The minimum Gasteiger partial charge on any atom is -0.492 e. The number of hydrogen-bond donors (Lipinski definition) is 1. The fraction of sp³-hybridized carbons (Fsp3) is 0.625. The van der Waals surface area contributed by atoms with E-state index in [4.69, 9.17) is 33.7 Å². The highest BCUT2D eigenvalue weighted by atomic mass is 35.5. The molecule has 1 aromatic rings. The van der Waals surface area contributed by atoms with Gasteiger partial charge in [0.1, 0.15) is 5.75 Å². The van der Waals surface area contributed by atoms with Gasteiger partial charge in [-0.2, -0.15) is 0 Å². The highest BCUT2D eigenvalue weighted by molar-refractivity contribution is 6.35. The Labute approximate surface area is 137 Å². The van der Waals surface area contributed by atoms with Crippen molar-refractivity contribution >= 4 is 23.2 Å². The fourth-order valence-corrected chi connectivity index (χ4v) is 3.12. The summed E-state index contributed by atoms with van der Waals surface area (Å²) >= 11 is 11.9. The summed E-state index contributed by atoms with van der Waals surface area (Å²) in [4.78, 5) is 2.53. The zero-order valence-electron chi connectivity index (χ0n) is 12.4. The van der Waals surface area contributed by atoms with Crippen LogP contribution in [0.4, 0.5) is 0 Å². The largest absolute Gasteiger partial charge is 0.492 e. The molecule has 0 aromatic heterocycles. The zero-order valence-corrected chi connectivity index (χ0v) is 13.9. The summed E-state index contributed by atoms with van der Waals surface area (Å²) in [5, 5.41) is 1.21. The van der Waals surface area contributed by atoms with E-state index in [9.17, 15) is 0 Å². The Bertz CT molecular complexity index is 434. The van der Waals surface area contributed by atoms with Crippen molar-refractivity contribution < 1.29 is 4.74 Å². The van der Waals surface area contributed by atoms with E-state index in [0.29, 0.717) is 22.4 Å². The van der Waals surface area contributed by atoms with Gasteiger partial charge < -0.3 is 15.4 Å². The van der Waals surface area contributed by atoms with Crippen molar-refractivity contribution in [3.05, 3.63) is 28.2 Å². The van der Waals surface area contributed by atoms with Crippen LogP contribution >= 0.6 is 23.2 Å². The number of benzene rings is 1. The van der Waals surface area contributed by atoms with Gasteiger partial charge in [0.15, 0.2) is 0 Å². The second kappa shape index (κ2) is 8.84. The summed E-state index contributed by atoms with van der Waals surface area (Å²) in [6.45, 7) is 5.05. The van der Waals surface area contributed by atoms with Crippen LogP contribution in [0.3, 0.4) is 0 Å².